The molecule has 2 nitrogen and oxygen atoms in total. The van der Waals surface area contributed by atoms with Gasteiger partial charge in [-0.3, -0.25) is 0 Å². The predicted octanol–water partition coefficient (Wildman–Crippen LogP) is 3.26. The molecule has 1 aromatic carbocycles. The second-order valence-electron chi connectivity index (χ2n) is 5.64. The molecule has 0 aliphatic carbocycles. The minimum atomic E-state index is -0.180. The van der Waals surface area contributed by atoms with Crippen molar-refractivity contribution in [2.24, 2.45) is 11.7 Å². The van der Waals surface area contributed by atoms with Crippen molar-refractivity contribution < 1.29 is 5.11 Å². The molecule has 1 unspecified atom stereocenters. The highest BCUT2D eigenvalue weighted by atomic mass is 16.3. The molecule has 0 spiro atoms. The zero-order chi connectivity index (χ0) is 12.3. The minimum Gasteiger partial charge on any atom is -0.508 e. The molecule has 0 bridgehead atoms. The van der Waals surface area contributed by atoms with E-state index in [1.807, 2.05) is 26.0 Å². The van der Waals surface area contributed by atoms with Gasteiger partial charge in [0.2, 0.25) is 0 Å². The lowest BCUT2D eigenvalue weighted by Gasteiger charge is -2.29. The highest BCUT2D eigenvalue weighted by Crippen LogP contribution is 2.32. The Labute approximate surface area is 98.5 Å². The van der Waals surface area contributed by atoms with Crippen molar-refractivity contribution in [1.82, 2.24) is 0 Å². The molecule has 16 heavy (non-hydrogen) atoms. The third-order valence-corrected chi connectivity index (χ3v) is 2.85. The molecule has 0 amide bonds. The van der Waals surface area contributed by atoms with Crippen LogP contribution in [-0.4, -0.2) is 10.6 Å². The number of phenolic OH excluding ortho intramolecular Hbond substituents is 1. The van der Waals surface area contributed by atoms with E-state index in [0.29, 0.717) is 17.6 Å². The summed E-state index contributed by atoms with van der Waals surface area (Å²) in [6.45, 7) is 8.48. The lowest BCUT2D eigenvalue weighted by Crippen LogP contribution is -2.34. The van der Waals surface area contributed by atoms with E-state index in [1.54, 1.807) is 6.07 Å². The van der Waals surface area contributed by atoms with E-state index in [-0.39, 0.29) is 5.54 Å². The van der Waals surface area contributed by atoms with Crippen molar-refractivity contribution in [3.8, 4) is 5.75 Å². The van der Waals surface area contributed by atoms with Gasteiger partial charge in [-0.2, -0.15) is 0 Å². The van der Waals surface area contributed by atoms with Crippen LogP contribution in [0.15, 0.2) is 24.3 Å². The van der Waals surface area contributed by atoms with Gasteiger partial charge in [0.05, 0.1) is 0 Å². The number of aromatic hydroxyl groups is 1. The fourth-order valence-electron chi connectivity index (χ4n) is 2.06. The van der Waals surface area contributed by atoms with Gasteiger partial charge in [-0.05, 0) is 49.8 Å². The Morgan fingerprint density at radius 3 is 2.38 bits per heavy atom. The largest absolute Gasteiger partial charge is 0.508 e. The first kappa shape index (κ1) is 13.0. The number of hydrogen-bond donors (Lipinski definition) is 2. The van der Waals surface area contributed by atoms with Gasteiger partial charge in [0, 0.05) is 5.54 Å². The van der Waals surface area contributed by atoms with E-state index >= 15 is 0 Å². The average Bonchev–Trinajstić information content (AvgIpc) is 2.12. The predicted molar refractivity (Wildman–Crippen MR) is 68.6 cm³/mol. The van der Waals surface area contributed by atoms with E-state index in [2.05, 4.69) is 19.9 Å². The molecular weight excluding hydrogens is 198 g/mol. The quantitative estimate of drug-likeness (QED) is 0.819. The summed E-state index contributed by atoms with van der Waals surface area (Å²) in [5, 5.41) is 9.51. The molecule has 2 heteroatoms. The summed E-state index contributed by atoms with van der Waals surface area (Å²) in [6, 6.07) is 7.50. The second-order valence-corrected chi connectivity index (χ2v) is 5.64. The molecular formula is C14H23NO. The van der Waals surface area contributed by atoms with Crippen LogP contribution in [0.5, 0.6) is 5.75 Å². The fourth-order valence-corrected chi connectivity index (χ4v) is 2.06. The summed E-state index contributed by atoms with van der Waals surface area (Å²) in [5.74, 6) is 1.25. The Morgan fingerprint density at radius 2 is 1.94 bits per heavy atom. The Kier molecular flexibility index (Phi) is 3.98. The summed E-state index contributed by atoms with van der Waals surface area (Å²) < 4.78 is 0. The molecule has 0 saturated carbocycles. The van der Waals surface area contributed by atoms with Crippen molar-refractivity contribution in [3.63, 3.8) is 0 Å². The smallest absolute Gasteiger partial charge is 0.115 e. The molecule has 0 radical (unpaired) electrons. The third kappa shape index (κ3) is 3.86. The monoisotopic (exact) mass is 221 g/mol. The number of benzene rings is 1. The van der Waals surface area contributed by atoms with Gasteiger partial charge in [0.15, 0.2) is 0 Å². The third-order valence-electron chi connectivity index (χ3n) is 2.85. The van der Waals surface area contributed by atoms with Crippen LogP contribution in [0.4, 0.5) is 0 Å². The number of nitrogens with two attached hydrogens (primary N) is 1. The maximum absolute atomic E-state index is 9.51. The Morgan fingerprint density at radius 1 is 1.31 bits per heavy atom. The van der Waals surface area contributed by atoms with Crippen molar-refractivity contribution in [2.75, 3.05) is 0 Å². The van der Waals surface area contributed by atoms with Gasteiger partial charge in [-0.1, -0.05) is 26.0 Å². The van der Waals surface area contributed by atoms with Crippen LogP contribution in [0, 0.1) is 5.92 Å². The lowest BCUT2D eigenvalue weighted by molar-refractivity contribution is 0.363. The molecule has 0 saturated heterocycles. The zero-order valence-corrected chi connectivity index (χ0v) is 10.7. The van der Waals surface area contributed by atoms with E-state index in [9.17, 15) is 5.11 Å². The number of rotatable bonds is 4. The van der Waals surface area contributed by atoms with Crippen LogP contribution in [-0.2, 0) is 0 Å². The van der Waals surface area contributed by atoms with Crippen molar-refractivity contribution in [1.29, 1.82) is 0 Å². The summed E-state index contributed by atoms with van der Waals surface area (Å²) in [6.07, 6.45) is 0.925. The van der Waals surface area contributed by atoms with Crippen LogP contribution >= 0.6 is 0 Å². The summed E-state index contributed by atoms with van der Waals surface area (Å²) in [5.41, 5.74) is 7.08. The Balaban J connectivity index is 2.94. The van der Waals surface area contributed by atoms with Gasteiger partial charge < -0.3 is 10.8 Å². The normalized spacial score (nSPS) is 14.1. The Bertz CT molecular complexity index is 339. The molecule has 0 aliphatic heterocycles. The van der Waals surface area contributed by atoms with E-state index in [1.165, 1.54) is 5.56 Å². The zero-order valence-electron chi connectivity index (χ0n) is 10.7. The van der Waals surface area contributed by atoms with Crippen molar-refractivity contribution in [3.05, 3.63) is 29.8 Å². The summed E-state index contributed by atoms with van der Waals surface area (Å²) >= 11 is 0. The maximum atomic E-state index is 9.51. The standard InChI is InChI=1S/C14H23NO/c1-10(2)13(9-14(3,4)15)11-6-5-7-12(16)8-11/h5-8,10,13,16H,9,15H2,1-4H3. The molecule has 1 aromatic rings. The first-order valence-electron chi connectivity index (χ1n) is 5.87. The van der Waals surface area contributed by atoms with Gasteiger partial charge >= 0.3 is 0 Å². The van der Waals surface area contributed by atoms with Crippen LogP contribution in [0.25, 0.3) is 0 Å². The topological polar surface area (TPSA) is 46.2 Å². The Hall–Kier alpha value is -1.02. The van der Waals surface area contributed by atoms with Crippen LogP contribution in [0.3, 0.4) is 0 Å². The van der Waals surface area contributed by atoms with Crippen LogP contribution < -0.4 is 5.73 Å². The first-order chi connectivity index (χ1) is 7.29. The van der Waals surface area contributed by atoms with Gasteiger partial charge in [-0.25, -0.2) is 0 Å². The van der Waals surface area contributed by atoms with Crippen LogP contribution in [0.2, 0.25) is 0 Å². The minimum absolute atomic E-state index is 0.180. The molecule has 90 valence electrons. The van der Waals surface area contributed by atoms with Gasteiger partial charge in [0.25, 0.3) is 0 Å². The SMILES string of the molecule is CC(C)C(CC(C)(C)N)c1cccc(O)c1. The summed E-state index contributed by atoms with van der Waals surface area (Å²) in [4.78, 5) is 0. The molecule has 0 heterocycles. The van der Waals surface area contributed by atoms with Crippen LogP contribution in [0.1, 0.15) is 45.6 Å². The fraction of sp³-hybridized carbons (Fsp3) is 0.571. The molecule has 1 rings (SSSR count). The van der Waals surface area contributed by atoms with E-state index < -0.39 is 0 Å². The second kappa shape index (κ2) is 4.88. The highest BCUT2D eigenvalue weighted by molar-refractivity contribution is 5.30. The van der Waals surface area contributed by atoms with E-state index in [4.69, 9.17) is 5.73 Å². The van der Waals surface area contributed by atoms with Crippen molar-refractivity contribution >= 4 is 0 Å². The number of hydrogen-bond acceptors (Lipinski definition) is 2. The van der Waals surface area contributed by atoms with E-state index in [0.717, 1.165) is 6.42 Å². The molecule has 0 aliphatic rings. The molecule has 0 fully saturated rings. The average molecular weight is 221 g/mol. The molecule has 1 atom stereocenters. The molecule has 0 aromatic heterocycles. The lowest BCUT2D eigenvalue weighted by atomic mass is 9.80. The van der Waals surface area contributed by atoms with Crippen molar-refractivity contribution in [2.45, 2.75) is 45.6 Å². The molecule has 3 N–H and O–H groups in total. The highest BCUT2D eigenvalue weighted by Gasteiger charge is 2.23. The maximum Gasteiger partial charge on any atom is 0.115 e. The van der Waals surface area contributed by atoms with Gasteiger partial charge in [-0.15, -0.1) is 0 Å². The first-order valence-corrected chi connectivity index (χ1v) is 5.87. The summed E-state index contributed by atoms with van der Waals surface area (Å²) in [7, 11) is 0. The number of phenols is 1. The van der Waals surface area contributed by atoms with Gasteiger partial charge in [0.1, 0.15) is 5.75 Å².